The highest BCUT2D eigenvalue weighted by atomic mass is 15.1. The second-order valence-electron chi connectivity index (χ2n) is 5.92. The Hall–Kier alpha value is -0.0800. The first-order chi connectivity index (χ1) is 8.86. The molecule has 18 heavy (non-hydrogen) atoms. The van der Waals surface area contributed by atoms with Crippen molar-refractivity contribution < 1.29 is 0 Å². The molecule has 1 heterocycles. The molecule has 2 heteroatoms. The first-order valence-electron chi connectivity index (χ1n) is 8.33. The van der Waals surface area contributed by atoms with Crippen molar-refractivity contribution in [1.82, 2.24) is 10.6 Å². The highest BCUT2D eigenvalue weighted by Gasteiger charge is 2.19. The first-order valence-corrected chi connectivity index (χ1v) is 8.33. The maximum absolute atomic E-state index is 3.84. The number of hydrogen-bond acceptors (Lipinski definition) is 2. The van der Waals surface area contributed by atoms with E-state index < -0.39 is 0 Å². The fraction of sp³-hybridized carbons (Fsp3) is 1.00. The maximum Gasteiger partial charge on any atom is 0.0195 e. The molecule has 108 valence electrons. The van der Waals surface area contributed by atoms with Crippen LogP contribution in [0.1, 0.15) is 78.1 Å². The monoisotopic (exact) mass is 254 g/mol. The molecule has 0 saturated carbocycles. The van der Waals surface area contributed by atoms with Crippen LogP contribution < -0.4 is 10.6 Å². The highest BCUT2D eigenvalue weighted by Crippen LogP contribution is 2.11. The summed E-state index contributed by atoms with van der Waals surface area (Å²) in [7, 11) is 0. The Balaban J connectivity index is 2.04. The minimum atomic E-state index is 0.729. The van der Waals surface area contributed by atoms with E-state index in [0.29, 0.717) is 0 Å². The lowest BCUT2D eigenvalue weighted by Crippen LogP contribution is -2.54. The van der Waals surface area contributed by atoms with Gasteiger partial charge in [0.15, 0.2) is 0 Å². The van der Waals surface area contributed by atoms with Crippen LogP contribution in [0.5, 0.6) is 0 Å². The van der Waals surface area contributed by atoms with E-state index in [9.17, 15) is 0 Å². The van der Waals surface area contributed by atoms with Crippen LogP contribution in [0.4, 0.5) is 0 Å². The quantitative estimate of drug-likeness (QED) is 0.579. The van der Waals surface area contributed by atoms with Crippen LogP contribution in [0.15, 0.2) is 0 Å². The van der Waals surface area contributed by atoms with Gasteiger partial charge in [0.25, 0.3) is 0 Å². The molecule has 2 unspecified atom stereocenters. The summed E-state index contributed by atoms with van der Waals surface area (Å²) in [6.45, 7) is 6.93. The lowest BCUT2D eigenvalue weighted by molar-refractivity contribution is 0.302. The molecule has 0 spiro atoms. The van der Waals surface area contributed by atoms with Crippen molar-refractivity contribution in [3.05, 3.63) is 0 Å². The third-order valence-corrected chi connectivity index (χ3v) is 4.07. The zero-order valence-corrected chi connectivity index (χ0v) is 12.6. The lowest BCUT2D eigenvalue weighted by atomic mass is 10.0. The first kappa shape index (κ1) is 16.0. The van der Waals surface area contributed by atoms with Crippen LogP contribution in [0.25, 0.3) is 0 Å². The molecular formula is C16H34N2. The Labute approximate surface area is 114 Å². The molecule has 1 aliphatic heterocycles. The molecule has 0 aromatic rings. The van der Waals surface area contributed by atoms with E-state index in [1.54, 1.807) is 0 Å². The number of rotatable bonds is 10. The van der Waals surface area contributed by atoms with Crippen LogP contribution in [0, 0.1) is 0 Å². The van der Waals surface area contributed by atoms with E-state index in [4.69, 9.17) is 0 Å². The van der Waals surface area contributed by atoms with Crippen LogP contribution in [-0.2, 0) is 0 Å². The summed E-state index contributed by atoms with van der Waals surface area (Å²) in [6.07, 6.45) is 13.8. The summed E-state index contributed by atoms with van der Waals surface area (Å²) in [5, 5.41) is 7.45. The second kappa shape index (κ2) is 10.8. The Morgan fingerprint density at radius 2 is 1.22 bits per heavy atom. The Kier molecular flexibility index (Phi) is 9.59. The average Bonchev–Trinajstić information content (AvgIpc) is 2.40. The fourth-order valence-corrected chi connectivity index (χ4v) is 2.89. The third-order valence-electron chi connectivity index (χ3n) is 4.07. The number of piperazine rings is 1. The number of hydrogen-bond donors (Lipinski definition) is 2. The lowest BCUT2D eigenvalue weighted by Gasteiger charge is -2.32. The number of unbranched alkanes of at least 4 members (excludes halogenated alkanes) is 6. The topological polar surface area (TPSA) is 24.1 Å². The van der Waals surface area contributed by atoms with Crippen LogP contribution in [-0.4, -0.2) is 25.2 Å². The van der Waals surface area contributed by atoms with Gasteiger partial charge in [-0.3, -0.25) is 0 Å². The molecule has 0 aliphatic carbocycles. The van der Waals surface area contributed by atoms with Gasteiger partial charge >= 0.3 is 0 Å². The molecule has 2 N–H and O–H groups in total. The van der Waals surface area contributed by atoms with E-state index in [1.807, 2.05) is 0 Å². The highest BCUT2D eigenvalue weighted by molar-refractivity contribution is 4.83. The van der Waals surface area contributed by atoms with E-state index in [2.05, 4.69) is 24.5 Å². The fourth-order valence-electron chi connectivity index (χ4n) is 2.89. The molecule has 0 bridgehead atoms. The van der Waals surface area contributed by atoms with Gasteiger partial charge < -0.3 is 10.6 Å². The molecule has 1 saturated heterocycles. The minimum Gasteiger partial charge on any atom is -0.314 e. The van der Waals surface area contributed by atoms with E-state index in [0.717, 1.165) is 12.1 Å². The summed E-state index contributed by atoms with van der Waals surface area (Å²) in [4.78, 5) is 0. The van der Waals surface area contributed by atoms with Gasteiger partial charge in [0.05, 0.1) is 0 Å². The molecule has 0 radical (unpaired) electrons. The summed E-state index contributed by atoms with van der Waals surface area (Å²) < 4.78 is 0. The molecule has 0 aromatic heterocycles. The molecule has 2 nitrogen and oxygen atoms in total. The minimum absolute atomic E-state index is 0.729. The van der Waals surface area contributed by atoms with Crippen molar-refractivity contribution in [3.63, 3.8) is 0 Å². The van der Waals surface area contributed by atoms with Crippen molar-refractivity contribution in [3.8, 4) is 0 Å². The average molecular weight is 254 g/mol. The Bertz CT molecular complexity index is 164. The van der Waals surface area contributed by atoms with Crippen molar-refractivity contribution >= 4 is 0 Å². The SMILES string of the molecule is CCCCCCC1CNCC(CCCCCC)N1. The predicted molar refractivity (Wildman–Crippen MR) is 81.1 cm³/mol. The van der Waals surface area contributed by atoms with Crippen LogP contribution in [0.3, 0.4) is 0 Å². The van der Waals surface area contributed by atoms with Gasteiger partial charge in [-0.1, -0.05) is 65.2 Å². The van der Waals surface area contributed by atoms with Crippen molar-refractivity contribution in [2.24, 2.45) is 0 Å². The zero-order valence-electron chi connectivity index (χ0n) is 12.6. The molecule has 0 aromatic carbocycles. The standard InChI is InChI=1S/C16H34N2/c1-3-5-7-9-11-15-13-17-14-16(18-15)12-10-8-6-4-2/h15-18H,3-14H2,1-2H3. The van der Waals surface area contributed by atoms with Gasteiger partial charge in [0.1, 0.15) is 0 Å². The van der Waals surface area contributed by atoms with E-state index in [1.165, 1.54) is 77.3 Å². The third kappa shape index (κ3) is 7.38. The molecule has 0 amide bonds. The largest absolute Gasteiger partial charge is 0.314 e. The molecule has 1 rings (SSSR count). The summed E-state index contributed by atoms with van der Waals surface area (Å²) in [6, 6.07) is 1.46. The molecule has 1 aliphatic rings. The second-order valence-corrected chi connectivity index (χ2v) is 5.92. The van der Waals surface area contributed by atoms with Gasteiger partial charge in [0, 0.05) is 25.2 Å². The van der Waals surface area contributed by atoms with Gasteiger partial charge in [-0.25, -0.2) is 0 Å². The van der Waals surface area contributed by atoms with Crippen molar-refractivity contribution in [2.45, 2.75) is 90.1 Å². The Morgan fingerprint density at radius 1 is 0.722 bits per heavy atom. The summed E-state index contributed by atoms with van der Waals surface area (Å²) in [5.41, 5.74) is 0. The van der Waals surface area contributed by atoms with Crippen molar-refractivity contribution in [2.75, 3.05) is 13.1 Å². The zero-order chi connectivity index (χ0) is 13.1. The van der Waals surface area contributed by atoms with Gasteiger partial charge in [-0.05, 0) is 12.8 Å². The predicted octanol–water partition coefficient (Wildman–Crippen LogP) is 3.86. The molecular weight excluding hydrogens is 220 g/mol. The van der Waals surface area contributed by atoms with E-state index >= 15 is 0 Å². The van der Waals surface area contributed by atoms with Gasteiger partial charge in [-0.15, -0.1) is 0 Å². The molecule has 1 fully saturated rings. The van der Waals surface area contributed by atoms with Gasteiger partial charge in [-0.2, -0.15) is 0 Å². The maximum atomic E-state index is 3.84. The normalized spacial score (nSPS) is 24.3. The Morgan fingerprint density at radius 3 is 1.67 bits per heavy atom. The smallest absolute Gasteiger partial charge is 0.0195 e. The number of nitrogens with one attached hydrogen (secondary N) is 2. The molecule has 2 atom stereocenters. The van der Waals surface area contributed by atoms with E-state index in [-0.39, 0.29) is 0 Å². The summed E-state index contributed by atoms with van der Waals surface area (Å²) in [5.74, 6) is 0. The summed E-state index contributed by atoms with van der Waals surface area (Å²) >= 11 is 0. The van der Waals surface area contributed by atoms with Crippen molar-refractivity contribution in [1.29, 1.82) is 0 Å². The van der Waals surface area contributed by atoms with Crippen LogP contribution in [0.2, 0.25) is 0 Å². The van der Waals surface area contributed by atoms with Gasteiger partial charge in [0.2, 0.25) is 0 Å². The van der Waals surface area contributed by atoms with Crippen LogP contribution >= 0.6 is 0 Å².